The van der Waals surface area contributed by atoms with Crippen LogP contribution in [0.4, 0.5) is 8.78 Å². The number of aryl methyl sites for hydroxylation is 1. The summed E-state index contributed by atoms with van der Waals surface area (Å²) < 4.78 is 27.7. The lowest BCUT2D eigenvalue weighted by atomic mass is 9.96. The molecule has 1 atom stereocenters. The van der Waals surface area contributed by atoms with E-state index in [1.807, 2.05) is 37.4 Å². The van der Waals surface area contributed by atoms with Gasteiger partial charge in [-0.05, 0) is 43.0 Å². The molecule has 0 radical (unpaired) electrons. The number of benzene rings is 2. The summed E-state index contributed by atoms with van der Waals surface area (Å²) in [5.41, 5.74) is 1.95. The van der Waals surface area contributed by atoms with E-state index in [-0.39, 0.29) is 6.04 Å². The molecule has 1 nitrogen and oxygen atoms in total. The van der Waals surface area contributed by atoms with Crippen LogP contribution >= 0.6 is 11.8 Å². The van der Waals surface area contributed by atoms with Gasteiger partial charge in [0.1, 0.15) is 11.6 Å². The third-order valence-electron chi connectivity index (χ3n) is 3.45. The van der Waals surface area contributed by atoms with E-state index < -0.39 is 11.6 Å². The van der Waals surface area contributed by atoms with Gasteiger partial charge >= 0.3 is 0 Å². The van der Waals surface area contributed by atoms with Gasteiger partial charge in [-0.2, -0.15) is 0 Å². The second-order valence-electron chi connectivity index (χ2n) is 4.86. The fourth-order valence-corrected chi connectivity index (χ4v) is 3.03. The van der Waals surface area contributed by atoms with Gasteiger partial charge < -0.3 is 5.32 Å². The quantitative estimate of drug-likeness (QED) is 0.804. The van der Waals surface area contributed by atoms with Crippen molar-refractivity contribution in [1.29, 1.82) is 0 Å². The molecule has 0 fully saturated rings. The van der Waals surface area contributed by atoms with Crippen LogP contribution in [0.25, 0.3) is 0 Å². The zero-order valence-electron chi connectivity index (χ0n) is 12.4. The van der Waals surface area contributed by atoms with Gasteiger partial charge in [0.25, 0.3) is 0 Å². The van der Waals surface area contributed by atoms with E-state index in [4.69, 9.17) is 0 Å². The van der Waals surface area contributed by atoms with Gasteiger partial charge in [0.05, 0.1) is 6.04 Å². The molecule has 1 N–H and O–H groups in total. The Morgan fingerprint density at radius 2 is 1.81 bits per heavy atom. The van der Waals surface area contributed by atoms with Crippen LogP contribution in [0, 0.1) is 18.6 Å². The average Bonchev–Trinajstić information content (AvgIpc) is 2.49. The molecule has 0 spiro atoms. The molecule has 1 unspecified atom stereocenters. The van der Waals surface area contributed by atoms with Crippen LogP contribution in [0.2, 0.25) is 0 Å². The van der Waals surface area contributed by atoms with E-state index in [1.165, 1.54) is 0 Å². The third-order valence-corrected chi connectivity index (χ3v) is 4.26. The molecular weight excluding hydrogens is 288 g/mol. The topological polar surface area (TPSA) is 12.0 Å². The molecule has 0 saturated carbocycles. The lowest BCUT2D eigenvalue weighted by molar-refractivity contribution is 0.535. The smallest absolute Gasteiger partial charge is 0.131 e. The summed E-state index contributed by atoms with van der Waals surface area (Å²) in [5.74, 6) is -1.02. The zero-order chi connectivity index (χ0) is 15.4. The van der Waals surface area contributed by atoms with Crippen LogP contribution < -0.4 is 5.32 Å². The maximum atomic E-state index is 14.2. The molecule has 0 aromatic heterocycles. The van der Waals surface area contributed by atoms with Crippen LogP contribution in [0.15, 0.2) is 41.3 Å². The SMILES string of the molecule is CCNC(c1cc(C)c(F)cc1F)c1ccccc1SC. The van der Waals surface area contributed by atoms with Crippen LogP contribution in [0.3, 0.4) is 0 Å². The second-order valence-corrected chi connectivity index (χ2v) is 5.70. The third kappa shape index (κ3) is 3.44. The Hall–Kier alpha value is -1.39. The van der Waals surface area contributed by atoms with Crippen molar-refractivity contribution in [3.05, 3.63) is 64.7 Å². The van der Waals surface area contributed by atoms with Crippen molar-refractivity contribution in [2.75, 3.05) is 12.8 Å². The fraction of sp³-hybridized carbons (Fsp3) is 0.294. The molecule has 0 amide bonds. The molecule has 0 aliphatic carbocycles. The Kier molecular flexibility index (Phi) is 5.37. The highest BCUT2D eigenvalue weighted by molar-refractivity contribution is 7.98. The largest absolute Gasteiger partial charge is 0.306 e. The van der Waals surface area contributed by atoms with Gasteiger partial charge in [0, 0.05) is 16.5 Å². The van der Waals surface area contributed by atoms with Gasteiger partial charge in [0.15, 0.2) is 0 Å². The summed E-state index contributed by atoms with van der Waals surface area (Å²) in [7, 11) is 0. The van der Waals surface area contributed by atoms with Crippen molar-refractivity contribution in [3.8, 4) is 0 Å². The molecular formula is C17H19F2NS. The minimum Gasteiger partial charge on any atom is -0.306 e. The number of rotatable bonds is 5. The highest BCUT2D eigenvalue weighted by Gasteiger charge is 2.20. The molecule has 2 aromatic carbocycles. The monoisotopic (exact) mass is 307 g/mol. The Balaban J connectivity index is 2.56. The van der Waals surface area contributed by atoms with E-state index in [1.54, 1.807) is 24.8 Å². The molecule has 0 aliphatic rings. The van der Waals surface area contributed by atoms with Gasteiger partial charge in [-0.25, -0.2) is 8.78 Å². The standard InChI is InChI=1S/C17H19F2NS/c1-4-20-17(12-7-5-6-8-16(12)21-3)13-9-11(2)14(18)10-15(13)19/h5-10,17,20H,4H2,1-3H3. The number of hydrogen-bond donors (Lipinski definition) is 1. The van der Waals surface area contributed by atoms with E-state index in [9.17, 15) is 8.78 Å². The molecule has 112 valence electrons. The van der Waals surface area contributed by atoms with E-state index >= 15 is 0 Å². The van der Waals surface area contributed by atoms with Gasteiger partial charge in [-0.15, -0.1) is 11.8 Å². The van der Waals surface area contributed by atoms with Crippen molar-refractivity contribution >= 4 is 11.8 Å². The Labute approximate surface area is 128 Å². The highest BCUT2D eigenvalue weighted by atomic mass is 32.2. The number of hydrogen-bond acceptors (Lipinski definition) is 2. The Bertz CT molecular complexity index is 628. The lowest BCUT2D eigenvalue weighted by Gasteiger charge is -2.22. The van der Waals surface area contributed by atoms with Crippen molar-refractivity contribution in [1.82, 2.24) is 5.32 Å². The molecule has 2 rings (SSSR count). The highest BCUT2D eigenvalue weighted by Crippen LogP contribution is 2.32. The number of halogens is 2. The molecule has 21 heavy (non-hydrogen) atoms. The molecule has 2 aromatic rings. The normalized spacial score (nSPS) is 12.4. The lowest BCUT2D eigenvalue weighted by Crippen LogP contribution is -2.24. The number of thioether (sulfide) groups is 1. The predicted molar refractivity (Wildman–Crippen MR) is 84.8 cm³/mol. The van der Waals surface area contributed by atoms with Gasteiger partial charge in [-0.3, -0.25) is 0 Å². The van der Waals surface area contributed by atoms with Crippen molar-refractivity contribution in [3.63, 3.8) is 0 Å². The first-order chi connectivity index (χ1) is 10.1. The molecule has 0 bridgehead atoms. The van der Waals surface area contributed by atoms with Gasteiger partial charge in [0.2, 0.25) is 0 Å². The van der Waals surface area contributed by atoms with E-state index in [0.717, 1.165) is 16.5 Å². The van der Waals surface area contributed by atoms with Crippen LogP contribution in [-0.2, 0) is 0 Å². The Morgan fingerprint density at radius 3 is 2.48 bits per heavy atom. The summed E-state index contributed by atoms with van der Waals surface area (Å²) in [5, 5.41) is 3.30. The van der Waals surface area contributed by atoms with E-state index in [2.05, 4.69) is 5.32 Å². The first-order valence-corrected chi connectivity index (χ1v) is 8.12. The summed E-state index contributed by atoms with van der Waals surface area (Å²) in [6.07, 6.45) is 1.99. The molecule has 4 heteroatoms. The van der Waals surface area contributed by atoms with Crippen LogP contribution in [0.1, 0.15) is 29.7 Å². The first-order valence-electron chi connectivity index (χ1n) is 6.90. The summed E-state index contributed by atoms with van der Waals surface area (Å²) in [6.45, 7) is 4.33. The maximum absolute atomic E-state index is 14.2. The number of nitrogens with one attached hydrogen (secondary N) is 1. The minimum absolute atomic E-state index is 0.280. The first kappa shape index (κ1) is 16.0. The van der Waals surface area contributed by atoms with Crippen molar-refractivity contribution in [2.45, 2.75) is 24.8 Å². The average molecular weight is 307 g/mol. The molecule has 0 heterocycles. The van der Waals surface area contributed by atoms with Crippen LogP contribution in [0.5, 0.6) is 0 Å². The molecule has 0 aliphatic heterocycles. The second kappa shape index (κ2) is 7.05. The van der Waals surface area contributed by atoms with Crippen LogP contribution in [-0.4, -0.2) is 12.8 Å². The minimum atomic E-state index is -0.514. The predicted octanol–water partition coefficient (Wildman–Crippen LogP) is 4.69. The Morgan fingerprint density at radius 1 is 1.10 bits per heavy atom. The van der Waals surface area contributed by atoms with E-state index in [0.29, 0.717) is 17.7 Å². The van der Waals surface area contributed by atoms with Gasteiger partial charge in [-0.1, -0.05) is 25.1 Å². The zero-order valence-corrected chi connectivity index (χ0v) is 13.2. The molecule has 0 saturated heterocycles. The van der Waals surface area contributed by atoms with Crippen molar-refractivity contribution < 1.29 is 8.78 Å². The maximum Gasteiger partial charge on any atom is 0.131 e. The summed E-state index contributed by atoms with van der Waals surface area (Å²) >= 11 is 1.62. The van der Waals surface area contributed by atoms with Crippen molar-refractivity contribution in [2.24, 2.45) is 0 Å². The summed E-state index contributed by atoms with van der Waals surface area (Å²) in [4.78, 5) is 1.09. The summed E-state index contributed by atoms with van der Waals surface area (Å²) in [6, 6.07) is 10.2. The fourth-order valence-electron chi connectivity index (χ4n) is 2.40.